The van der Waals surface area contributed by atoms with Gasteiger partial charge in [-0.1, -0.05) is 22.0 Å². The van der Waals surface area contributed by atoms with Crippen molar-refractivity contribution in [2.24, 2.45) is 7.05 Å². The minimum atomic E-state index is -0.214. The standard InChI is InChI=1S/C14H16Br2FN3/c1-8-14(16)12(20(3)19-8)7-11(18-2)13-9(15)5-4-6-10(13)17/h4-6,11,18H,7H2,1-3H3. The Bertz CT molecular complexity index is 605. The third kappa shape index (κ3) is 2.97. The Morgan fingerprint density at radius 3 is 2.60 bits per heavy atom. The van der Waals surface area contributed by atoms with Crippen LogP contribution in [0.15, 0.2) is 27.1 Å². The number of likely N-dealkylation sites (N-methyl/N-ethyl adjacent to an activating group) is 1. The predicted molar refractivity (Wildman–Crippen MR) is 85.2 cm³/mol. The van der Waals surface area contributed by atoms with Crippen LogP contribution in [0.1, 0.15) is 23.0 Å². The second kappa shape index (κ2) is 6.37. The molecule has 2 aromatic rings. The fraction of sp³-hybridized carbons (Fsp3) is 0.357. The topological polar surface area (TPSA) is 29.9 Å². The van der Waals surface area contributed by atoms with Crippen LogP contribution < -0.4 is 5.32 Å². The first-order chi connectivity index (χ1) is 9.45. The molecular formula is C14H16Br2FN3. The van der Waals surface area contributed by atoms with E-state index in [1.165, 1.54) is 6.07 Å². The molecule has 1 heterocycles. The van der Waals surface area contributed by atoms with E-state index in [2.05, 4.69) is 42.3 Å². The van der Waals surface area contributed by atoms with Crippen molar-refractivity contribution >= 4 is 31.9 Å². The first-order valence-corrected chi connectivity index (χ1v) is 7.83. The Kier molecular flexibility index (Phi) is 4.99. The van der Waals surface area contributed by atoms with Crippen LogP contribution in [0.5, 0.6) is 0 Å². The molecular weight excluding hydrogens is 389 g/mol. The number of halogens is 3. The molecule has 1 atom stereocenters. The number of hydrogen-bond acceptors (Lipinski definition) is 2. The molecule has 20 heavy (non-hydrogen) atoms. The van der Waals surface area contributed by atoms with E-state index in [1.807, 2.05) is 31.8 Å². The van der Waals surface area contributed by atoms with E-state index >= 15 is 0 Å². The third-order valence-corrected chi connectivity index (χ3v) is 5.08. The van der Waals surface area contributed by atoms with Gasteiger partial charge in [-0.15, -0.1) is 0 Å². The van der Waals surface area contributed by atoms with Gasteiger partial charge < -0.3 is 5.32 Å². The number of benzene rings is 1. The van der Waals surface area contributed by atoms with E-state index in [-0.39, 0.29) is 11.9 Å². The lowest BCUT2D eigenvalue weighted by molar-refractivity contribution is 0.516. The SMILES string of the molecule is CNC(Cc1c(Br)c(C)nn1C)c1c(F)cccc1Br. The van der Waals surface area contributed by atoms with Gasteiger partial charge in [-0.05, 0) is 42.0 Å². The van der Waals surface area contributed by atoms with Crippen molar-refractivity contribution in [3.05, 3.63) is 49.9 Å². The van der Waals surface area contributed by atoms with Gasteiger partial charge in [-0.25, -0.2) is 4.39 Å². The molecule has 0 saturated carbocycles. The number of nitrogens with zero attached hydrogens (tertiary/aromatic N) is 2. The summed E-state index contributed by atoms with van der Waals surface area (Å²) in [6, 6.07) is 4.90. The number of nitrogens with one attached hydrogen (secondary N) is 1. The van der Waals surface area contributed by atoms with Crippen LogP contribution in [0.3, 0.4) is 0 Å². The molecule has 0 amide bonds. The van der Waals surface area contributed by atoms with Gasteiger partial charge in [0, 0.05) is 29.5 Å². The van der Waals surface area contributed by atoms with Crippen LogP contribution in [-0.4, -0.2) is 16.8 Å². The van der Waals surface area contributed by atoms with Gasteiger partial charge in [0.25, 0.3) is 0 Å². The molecule has 0 bridgehead atoms. The maximum absolute atomic E-state index is 14.1. The maximum atomic E-state index is 14.1. The van der Waals surface area contributed by atoms with E-state index in [1.54, 1.807) is 6.07 Å². The molecule has 1 aromatic carbocycles. The Morgan fingerprint density at radius 1 is 1.40 bits per heavy atom. The molecule has 3 nitrogen and oxygen atoms in total. The molecule has 0 radical (unpaired) electrons. The smallest absolute Gasteiger partial charge is 0.129 e. The lowest BCUT2D eigenvalue weighted by Gasteiger charge is -2.19. The van der Waals surface area contributed by atoms with Gasteiger partial charge in [-0.2, -0.15) is 5.10 Å². The molecule has 1 N–H and O–H groups in total. The second-order valence-corrected chi connectivity index (χ2v) is 6.30. The summed E-state index contributed by atoms with van der Waals surface area (Å²) in [5, 5.41) is 7.55. The van der Waals surface area contributed by atoms with E-state index in [0.29, 0.717) is 12.0 Å². The lowest BCUT2D eigenvalue weighted by atomic mass is 10.0. The summed E-state index contributed by atoms with van der Waals surface area (Å²) in [5.41, 5.74) is 2.61. The van der Waals surface area contributed by atoms with Gasteiger partial charge in [0.05, 0.1) is 15.9 Å². The zero-order chi connectivity index (χ0) is 14.9. The fourth-order valence-electron chi connectivity index (χ4n) is 2.29. The van der Waals surface area contributed by atoms with Crippen LogP contribution in [-0.2, 0) is 13.5 Å². The highest BCUT2D eigenvalue weighted by atomic mass is 79.9. The highest BCUT2D eigenvalue weighted by Gasteiger charge is 2.21. The van der Waals surface area contributed by atoms with E-state index in [9.17, 15) is 4.39 Å². The molecule has 2 rings (SSSR count). The van der Waals surface area contributed by atoms with Crippen LogP contribution in [0, 0.1) is 12.7 Å². The second-order valence-electron chi connectivity index (χ2n) is 4.65. The van der Waals surface area contributed by atoms with Crippen molar-refractivity contribution in [2.75, 3.05) is 7.05 Å². The quantitative estimate of drug-likeness (QED) is 0.837. The van der Waals surface area contributed by atoms with Crippen molar-refractivity contribution in [3.8, 4) is 0 Å². The van der Waals surface area contributed by atoms with Gasteiger partial charge >= 0.3 is 0 Å². The Hall–Kier alpha value is -0.720. The highest BCUT2D eigenvalue weighted by molar-refractivity contribution is 9.10. The average Bonchev–Trinajstić information content (AvgIpc) is 2.63. The van der Waals surface area contributed by atoms with Gasteiger partial charge in [0.1, 0.15) is 5.82 Å². The largest absolute Gasteiger partial charge is 0.313 e. The molecule has 6 heteroatoms. The van der Waals surface area contributed by atoms with Crippen LogP contribution in [0.25, 0.3) is 0 Å². The lowest BCUT2D eigenvalue weighted by Crippen LogP contribution is -2.22. The molecule has 0 spiro atoms. The monoisotopic (exact) mass is 403 g/mol. The van der Waals surface area contributed by atoms with Crippen LogP contribution in [0.4, 0.5) is 4.39 Å². The fourth-order valence-corrected chi connectivity index (χ4v) is 3.40. The normalized spacial score (nSPS) is 12.7. The van der Waals surface area contributed by atoms with Crippen molar-refractivity contribution in [3.63, 3.8) is 0 Å². The van der Waals surface area contributed by atoms with Gasteiger partial charge in [0.15, 0.2) is 0 Å². The van der Waals surface area contributed by atoms with Crippen molar-refractivity contribution in [2.45, 2.75) is 19.4 Å². The summed E-state index contributed by atoms with van der Waals surface area (Å²) in [4.78, 5) is 0. The van der Waals surface area contributed by atoms with Crippen molar-refractivity contribution in [1.29, 1.82) is 0 Å². The minimum absolute atomic E-state index is 0.128. The highest BCUT2D eigenvalue weighted by Crippen LogP contribution is 2.31. The zero-order valence-corrected chi connectivity index (χ0v) is 14.7. The summed E-state index contributed by atoms with van der Waals surface area (Å²) in [7, 11) is 3.73. The van der Waals surface area contributed by atoms with Gasteiger partial charge in [-0.3, -0.25) is 4.68 Å². The first kappa shape index (κ1) is 15.7. The number of aryl methyl sites for hydroxylation is 2. The summed E-state index contributed by atoms with van der Waals surface area (Å²) in [6.45, 7) is 1.95. The van der Waals surface area contributed by atoms with E-state index in [0.717, 1.165) is 20.3 Å². The minimum Gasteiger partial charge on any atom is -0.313 e. The van der Waals surface area contributed by atoms with Crippen LogP contribution in [0.2, 0.25) is 0 Å². The Morgan fingerprint density at radius 2 is 2.10 bits per heavy atom. The molecule has 0 saturated heterocycles. The molecule has 1 unspecified atom stereocenters. The number of rotatable bonds is 4. The number of hydrogen-bond donors (Lipinski definition) is 1. The Balaban J connectivity index is 2.39. The van der Waals surface area contributed by atoms with E-state index in [4.69, 9.17) is 0 Å². The summed E-state index contributed by atoms with van der Waals surface area (Å²) in [5.74, 6) is -0.214. The molecule has 108 valence electrons. The summed E-state index contributed by atoms with van der Waals surface area (Å²) < 4.78 is 17.7. The van der Waals surface area contributed by atoms with E-state index < -0.39 is 0 Å². The molecule has 0 aliphatic rings. The van der Waals surface area contributed by atoms with Crippen LogP contribution >= 0.6 is 31.9 Å². The molecule has 0 aliphatic carbocycles. The van der Waals surface area contributed by atoms with Crippen molar-refractivity contribution in [1.82, 2.24) is 15.1 Å². The molecule has 0 fully saturated rings. The molecule has 0 aliphatic heterocycles. The van der Waals surface area contributed by atoms with Gasteiger partial charge in [0.2, 0.25) is 0 Å². The van der Waals surface area contributed by atoms with Crippen molar-refractivity contribution < 1.29 is 4.39 Å². The maximum Gasteiger partial charge on any atom is 0.129 e. The average molecular weight is 405 g/mol. The first-order valence-electron chi connectivity index (χ1n) is 6.24. The summed E-state index contributed by atoms with van der Waals surface area (Å²) >= 11 is 6.98. The predicted octanol–water partition coefficient (Wildman–Crippen LogP) is 3.90. The summed E-state index contributed by atoms with van der Waals surface area (Å²) in [6.07, 6.45) is 0.647. The zero-order valence-electron chi connectivity index (χ0n) is 11.5. The number of aromatic nitrogens is 2. The third-order valence-electron chi connectivity index (χ3n) is 3.36. The molecule has 1 aromatic heterocycles. The Labute approximate surface area is 134 Å².